The maximum absolute atomic E-state index is 12.6. The van der Waals surface area contributed by atoms with Gasteiger partial charge in [-0.05, 0) is 36.8 Å². The fourth-order valence-corrected chi connectivity index (χ4v) is 4.10. The summed E-state index contributed by atoms with van der Waals surface area (Å²) in [6.07, 6.45) is 0.0620. The Morgan fingerprint density at radius 2 is 1.67 bits per heavy atom. The third-order valence-corrected chi connectivity index (χ3v) is 5.75. The molecule has 0 atom stereocenters. The number of hydrogen-bond acceptors (Lipinski definition) is 5. The molecule has 0 unspecified atom stereocenters. The van der Waals surface area contributed by atoms with Crippen LogP contribution in [-0.2, 0) is 11.2 Å². The first-order valence-electron chi connectivity index (χ1n) is 9.45. The van der Waals surface area contributed by atoms with Crippen molar-refractivity contribution in [2.24, 2.45) is 0 Å². The van der Waals surface area contributed by atoms with Crippen molar-refractivity contribution in [2.45, 2.75) is 13.3 Å². The summed E-state index contributed by atoms with van der Waals surface area (Å²) in [6, 6.07) is 26.7. The molecule has 30 heavy (non-hydrogen) atoms. The molecule has 1 heterocycles. The number of esters is 1. The molecule has 4 aromatic rings. The topological polar surface area (TPSA) is 63.0 Å². The Balaban J connectivity index is 1.63. The van der Waals surface area contributed by atoms with Crippen molar-refractivity contribution in [1.82, 2.24) is 4.98 Å². The number of rotatable bonds is 5. The van der Waals surface area contributed by atoms with Gasteiger partial charge in [0.2, 0.25) is 0 Å². The van der Waals surface area contributed by atoms with Crippen molar-refractivity contribution >= 4 is 17.3 Å². The minimum atomic E-state index is -0.391. The number of nitrogens with zero attached hydrogens (tertiary/aromatic N) is 2. The number of carbonyl (C=O) groups excluding carboxylic acids is 1. The van der Waals surface area contributed by atoms with E-state index < -0.39 is 5.97 Å². The Kier molecular flexibility index (Phi) is 5.69. The monoisotopic (exact) mass is 410 g/mol. The van der Waals surface area contributed by atoms with Crippen LogP contribution in [0.25, 0.3) is 21.0 Å². The summed E-state index contributed by atoms with van der Waals surface area (Å²) in [4.78, 5) is 18.3. The minimum absolute atomic E-state index is 0.0620. The molecule has 0 fully saturated rings. The highest BCUT2D eigenvalue weighted by atomic mass is 32.1. The Bertz CT molecular complexity index is 1210. The van der Waals surface area contributed by atoms with Gasteiger partial charge in [0.25, 0.3) is 0 Å². The van der Waals surface area contributed by atoms with Crippen LogP contribution in [0.2, 0.25) is 0 Å². The number of hydrogen-bond donors (Lipinski definition) is 0. The first kappa shape index (κ1) is 19.6. The molecule has 0 aliphatic heterocycles. The molecule has 0 aliphatic rings. The van der Waals surface area contributed by atoms with Crippen molar-refractivity contribution < 1.29 is 9.53 Å². The second-order valence-corrected chi connectivity index (χ2v) is 7.81. The third kappa shape index (κ3) is 4.45. The number of thiazole rings is 1. The maximum Gasteiger partial charge on any atom is 0.317 e. The van der Waals surface area contributed by atoms with E-state index in [1.807, 2.05) is 55.5 Å². The number of ether oxygens (including phenoxy) is 1. The fraction of sp³-hybridized carbons (Fsp3) is 0.0800. The van der Waals surface area contributed by atoms with E-state index in [-0.39, 0.29) is 6.42 Å². The minimum Gasteiger partial charge on any atom is -0.426 e. The summed E-state index contributed by atoms with van der Waals surface area (Å²) < 4.78 is 5.46. The largest absolute Gasteiger partial charge is 0.426 e. The molecule has 4 nitrogen and oxygen atoms in total. The van der Waals surface area contributed by atoms with Crippen LogP contribution in [0.3, 0.4) is 0 Å². The van der Waals surface area contributed by atoms with Gasteiger partial charge < -0.3 is 4.74 Å². The SMILES string of the molecule is Cc1ccc(-c2sc(-c3ccccc3)nc2CC(=O)Oc2ccc(C#N)cc2)cc1. The van der Waals surface area contributed by atoms with Crippen molar-refractivity contribution in [1.29, 1.82) is 5.26 Å². The fourth-order valence-electron chi connectivity index (χ4n) is 3.01. The summed E-state index contributed by atoms with van der Waals surface area (Å²) in [5, 5.41) is 9.76. The lowest BCUT2D eigenvalue weighted by Gasteiger charge is -2.05. The molecule has 0 amide bonds. The summed E-state index contributed by atoms with van der Waals surface area (Å²) >= 11 is 1.57. The Hall–Kier alpha value is -3.75. The van der Waals surface area contributed by atoms with Crippen molar-refractivity contribution in [3.63, 3.8) is 0 Å². The Morgan fingerprint density at radius 3 is 2.33 bits per heavy atom. The van der Waals surface area contributed by atoms with Crippen LogP contribution < -0.4 is 4.74 Å². The summed E-state index contributed by atoms with van der Waals surface area (Å²) in [5.41, 5.74) is 4.43. The molecule has 0 saturated carbocycles. The van der Waals surface area contributed by atoms with Gasteiger partial charge in [-0.25, -0.2) is 4.98 Å². The van der Waals surface area contributed by atoms with Crippen molar-refractivity contribution in [3.8, 4) is 32.8 Å². The van der Waals surface area contributed by atoms with Gasteiger partial charge >= 0.3 is 5.97 Å². The van der Waals surface area contributed by atoms with E-state index in [2.05, 4.69) is 12.1 Å². The molecular weight excluding hydrogens is 392 g/mol. The van der Waals surface area contributed by atoms with Crippen LogP contribution in [0.4, 0.5) is 0 Å². The van der Waals surface area contributed by atoms with Crippen LogP contribution in [0.5, 0.6) is 5.75 Å². The highest BCUT2D eigenvalue weighted by molar-refractivity contribution is 7.18. The molecular formula is C25H18N2O2S. The van der Waals surface area contributed by atoms with Gasteiger partial charge in [-0.2, -0.15) is 5.26 Å². The van der Waals surface area contributed by atoms with Gasteiger partial charge in [-0.1, -0.05) is 60.2 Å². The third-order valence-electron chi connectivity index (χ3n) is 4.56. The number of aryl methyl sites for hydroxylation is 1. The number of benzene rings is 3. The first-order valence-corrected chi connectivity index (χ1v) is 10.3. The maximum atomic E-state index is 12.6. The number of carbonyl (C=O) groups is 1. The molecule has 1 aromatic heterocycles. The molecule has 0 bridgehead atoms. The highest BCUT2D eigenvalue weighted by Gasteiger charge is 2.18. The Labute approximate surface area is 179 Å². The van der Waals surface area contributed by atoms with Gasteiger partial charge in [0, 0.05) is 5.56 Å². The van der Waals surface area contributed by atoms with Crippen LogP contribution in [0.15, 0.2) is 78.9 Å². The van der Waals surface area contributed by atoms with Gasteiger partial charge in [-0.3, -0.25) is 4.79 Å². The lowest BCUT2D eigenvalue weighted by Crippen LogP contribution is -2.12. The van der Waals surface area contributed by atoms with Crippen LogP contribution in [0.1, 0.15) is 16.8 Å². The highest BCUT2D eigenvalue weighted by Crippen LogP contribution is 2.36. The predicted octanol–water partition coefficient (Wildman–Crippen LogP) is 5.81. The molecule has 4 rings (SSSR count). The van der Waals surface area contributed by atoms with Crippen LogP contribution in [0, 0.1) is 18.3 Å². The Morgan fingerprint density at radius 1 is 0.967 bits per heavy atom. The van der Waals surface area contributed by atoms with Gasteiger partial charge in [0.05, 0.1) is 28.6 Å². The van der Waals surface area contributed by atoms with Gasteiger partial charge in [0.1, 0.15) is 10.8 Å². The van der Waals surface area contributed by atoms with E-state index in [1.165, 1.54) is 5.56 Å². The zero-order valence-electron chi connectivity index (χ0n) is 16.3. The summed E-state index contributed by atoms with van der Waals surface area (Å²) in [5.74, 6) is 0.0207. The molecule has 0 spiro atoms. The smallest absolute Gasteiger partial charge is 0.317 e. The van der Waals surface area contributed by atoms with E-state index in [9.17, 15) is 4.79 Å². The van der Waals surface area contributed by atoms with E-state index in [4.69, 9.17) is 15.0 Å². The molecule has 0 saturated heterocycles. The van der Waals surface area contributed by atoms with Gasteiger partial charge in [0.15, 0.2) is 0 Å². The quantitative estimate of drug-likeness (QED) is 0.308. The number of nitriles is 1. The molecule has 146 valence electrons. The molecule has 5 heteroatoms. The average Bonchev–Trinajstić information content (AvgIpc) is 3.19. The zero-order valence-corrected chi connectivity index (χ0v) is 17.1. The second-order valence-electron chi connectivity index (χ2n) is 6.81. The second kappa shape index (κ2) is 8.73. The van der Waals surface area contributed by atoms with Gasteiger partial charge in [-0.15, -0.1) is 11.3 Å². The van der Waals surface area contributed by atoms with Crippen molar-refractivity contribution in [2.75, 3.05) is 0 Å². The van der Waals surface area contributed by atoms with Crippen LogP contribution >= 0.6 is 11.3 Å². The summed E-state index contributed by atoms with van der Waals surface area (Å²) in [7, 11) is 0. The normalized spacial score (nSPS) is 10.4. The molecule has 3 aromatic carbocycles. The zero-order chi connectivity index (χ0) is 20.9. The van der Waals surface area contributed by atoms with E-state index in [0.29, 0.717) is 17.0 Å². The summed E-state index contributed by atoms with van der Waals surface area (Å²) in [6.45, 7) is 2.04. The predicted molar refractivity (Wildman–Crippen MR) is 118 cm³/mol. The lowest BCUT2D eigenvalue weighted by molar-refractivity contribution is -0.133. The molecule has 0 aliphatic carbocycles. The van der Waals surface area contributed by atoms with E-state index in [0.717, 1.165) is 21.0 Å². The molecule has 0 radical (unpaired) electrons. The lowest BCUT2D eigenvalue weighted by atomic mass is 10.1. The van der Waals surface area contributed by atoms with Crippen LogP contribution in [-0.4, -0.2) is 11.0 Å². The molecule has 0 N–H and O–H groups in total. The van der Waals surface area contributed by atoms with E-state index >= 15 is 0 Å². The van der Waals surface area contributed by atoms with Crippen molar-refractivity contribution in [3.05, 3.63) is 95.7 Å². The standard InChI is InChI=1S/C25H18N2O2S/c1-17-7-11-19(12-8-17)24-22(27-25(30-24)20-5-3-2-4-6-20)15-23(28)29-21-13-9-18(16-26)10-14-21/h2-14H,15H2,1H3. The number of aromatic nitrogens is 1. The van der Waals surface area contributed by atoms with E-state index in [1.54, 1.807) is 35.6 Å². The average molecular weight is 410 g/mol. The first-order chi connectivity index (χ1) is 14.6.